The van der Waals surface area contributed by atoms with E-state index in [9.17, 15) is 56.4 Å². The minimum absolute atomic E-state index is 0. The van der Waals surface area contributed by atoms with E-state index in [1.165, 1.54) is 24.3 Å². The van der Waals surface area contributed by atoms with Crippen LogP contribution in [0.2, 0.25) is 0 Å². The molecule has 0 spiro atoms. The monoisotopic (exact) mass is 938 g/mol. The van der Waals surface area contributed by atoms with E-state index in [2.05, 4.69) is 20.5 Å². The van der Waals surface area contributed by atoms with Crippen molar-refractivity contribution in [2.45, 2.75) is 36.5 Å². The summed E-state index contributed by atoms with van der Waals surface area (Å²) in [6.07, 6.45) is 0.922. The average Bonchev–Trinajstić information content (AvgIpc) is 3.15. The molecule has 0 saturated heterocycles. The number of rotatable bonds is 10. The molecule has 0 aliphatic carbocycles. The van der Waals surface area contributed by atoms with Crippen LogP contribution in [0, 0.1) is 20.2 Å². The summed E-state index contributed by atoms with van der Waals surface area (Å²) in [5.41, 5.74) is 0.663. The van der Waals surface area contributed by atoms with E-state index in [4.69, 9.17) is 0 Å². The van der Waals surface area contributed by atoms with Crippen molar-refractivity contribution in [1.29, 1.82) is 0 Å². The van der Waals surface area contributed by atoms with Crippen LogP contribution in [0.15, 0.2) is 127 Å². The van der Waals surface area contributed by atoms with Gasteiger partial charge in [-0.2, -0.15) is 10.2 Å². The van der Waals surface area contributed by atoms with Gasteiger partial charge in [0.25, 0.3) is 11.4 Å². The van der Waals surface area contributed by atoms with Crippen LogP contribution in [-0.4, -0.2) is 94.9 Å². The first kappa shape index (κ1) is 44.5. The maximum Gasteiger partial charge on any atom is 2.00 e. The Balaban J connectivity index is 0.000000248. The number of nitro groups is 2. The van der Waals surface area contributed by atoms with Crippen LogP contribution < -0.4 is 0 Å². The number of nitrogens with zero attached hydrogens (tertiary/aromatic N) is 6. The SMILES string of the molecule is CCc1ccc(N=Nc2c(O)c(S(=O)(=O)[O-])cc3ccccc23)cc1[N+](=O)[O-].CCc1ccc(N=Nc2c(O)c(S(=O)(=O)[O-])cc3ccccc23)cc1[N+](=O)[O-].[Ba+2]. The fourth-order valence-electron chi connectivity index (χ4n) is 5.55. The topological polar surface area (TPSA) is 291 Å². The van der Waals surface area contributed by atoms with Crippen molar-refractivity contribution in [3.8, 4) is 11.5 Å². The maximum atomic E-state index is 11.5. The Morgan fingerprint density at radius 3 is 1.23 bits per heavy atom. The summed E-state index contributed by atoms with van der Waals surface area (Å²) in [5, 5.41) is 60.0. The van der Waals surface area contributed by atoms with Crippen molar-refractivity contribution >= 4 is 125 Å². The average molecular weight is 938 g/mol. The molecule has 18 nitrogen and oxygen atoms in total. The molecule has 0 aliphatic rings. The van der Waals surface area contributed by atoms with Gasteiger partial charge < -0.3 is 19.3 Å². The molecule has 0 aromatic heterocycles. The number of azo groups is 2. The predicted octanol–water partition coefficient (Wildman–Crippen LogP) is 8.29. The van der Waals surface area contributed by atoms with E-state index >= 15 is 0 Å². The van der Waals surface area contributed by atoms with Gasteiger partial charge in [-0.25, -0.2) is 16.8 Å². The number of aryl methyl sites for hydroxylation is 2. The Hall–Kier alpha value is -5.17. The van der Waals surface area contributed by atoms with Gasteiger partial charge in [0.2, 0.25) is 0 Å². The molecular formula is C36H28BaN6O12S2. The first-order chi connectivity index (χ1) is 26.4. The summed E-state index contributed by atoms with van der Waals surface area (Å²) >= 11 is 0. The third kappa shape index (κ3) is 10.2. The molecular weight excluding hydrogens is 910 g/mol. The van der Waals surface area contributed by atoms with Crippen LogP contribution in [0.25, 0.3) is 21.5 Å². The Bertz CT molecular complexity index is 2640. The standard InChI is InChI=1S/2C18H15N3O6S.Ba/c2*1-2-11-7-8-13(10-15(11)21(23)24)19-20-17-14-6-4-3-5-12(14)9-16(18(17)22)28(25,26)27;/h2*3-10,22H,2H2,1H3,(H,25,26,27);/q;;+2/p-2. The third-order valence-corrected chi connectivity index (χ3v) is 9.98. The fraction of sp³-hybridized carbons (Fsp3) is 0.111. The second kappa shape index (κ2) is 18.4. The van der Waals surface area contributed by atoms with Gasteiger partial charge in [0, 0.05) is 34.0 Å². The number of nitro benzene ring substituents is 2. The Morgan fingerprint density at radius 1 is 0.561 bits per heavy atom. The van der Waals surface area contributed by atoms with E-state index in [1.54, 1.807) is 74.5 Å². The van der Waals surface area contributed by atoms with Crippen LogP contribution in [0.5, 0.6) is 11.5 Å². The van der Waals surface area contributed by atoms with Crippen LogP contribution in [0.3, 0.4) is 0 Å². The number of benzene rings is 6. The predicted molar refractivity (Wildman–Crippen MR) is 206 cm³/mol. The summed E-state index contributed by atoms with van der Waals surface area (Å²) in [7, 11) is -9.90. The molecule has 0 radical (unpaired) electrons. The molecule has 6 aromatic carbocycles. The number of hydrogen-bond donors (Lipinski definition) is 2. The Labute approximate surface area is 364 Å². The van der Waals surface area contributed by atoms with Gasteiger partial charge in [-0.05, 0) is 60.0 Å². The van der Waals surface area contributed by atoms with Crippen molar-refractivity contribution in [2.24, 2.45) is 20.5 Å². The molecule has 2 N–H and O–H groups in total. The van der Waals surface area contributed by atoms with E-state index in [-0.39, 0.29) is 83.0 Å². The molecule has 0 unspecified atom stereocenters. The summed E-state index contributed by atoms with van der Waals surface area (Å²) in [5.74, 6) is -1.64. The first-order valence-corrected chi connectivity index (χ1v) is 19.1. The molecule has 6 aromatic rings. The Morgan fingerprint density at radius 2 is 0.912 bits per heavy atom. The largest absolute Gasteiger partial charge is 2.00 e. The minimum atomic E-state index is -4.95. The quantitative estimate of drug-likeness (QED) is 0.0431. The molecule has 288 valence electrons. The number of aromatic hydroxyl groups is 2. The van der Waals surface area contributed by atoms with Gasteiger partial charge >= 0.3 is 48.9 Å². The second-order valence-corrected chi connectivity index (χ2v) is 14.4. The molecule has 0 aliphatic heterocycles. The number of hydrogen-bond acceptors (Lipinski definition) is 16. The molecule has 0 bridgehead atoms. The second-order valence-electron chi connectivity index (χ2n) is 11.7. The summed E-state index contributed by atoms with van der Waals surface area (Å²) in [4.78, 5) is 19.7. The van der Waals surface area contributed by atoms with Crippen molar-refractivity contribution in [2.75, 3.05) is 0 Å². The van der Waals surface area contributed by atoms with Crippen molar-refractivity contribution in [3.05, 3.63) is 128 Å². The van der Waals surface area contributed by atoms with Crippen LogP contribution >= 0.6 is 0 Å². The molecule has 21 heteroatoms. The summed E-state index contributed by atoms with van der Waals surface area (Å²) < 4.78 is 68.7. The normalized spacial score (nSPS) is 11.7. The number of fused-ring (bicyclic) bond motifs is 2. The van der Waals surface area contributed by atoms with Gasteiger partial charge in [0.05, 0.1) is 31.0 Å². The number of phenolic OH excluding ortho intramolecular Hbond substituents is 2. The summed E-state index contributed by atoms with van der Waals surface area (Å²) in [6, 6.07) is 23.5. The zero-order valence-electron chi connectivity index (χ0n) is 29.8. The van der Waals surface area contributed by atoms with Gasteiger partial charge in [0.1, 0.15) is 31.6 Å². The van der Waals surface area contributed by atoms with E-state index in [0.29, 0.717) is 45.5 Å². The first-order valence-electron chi connectivity index (χ1n) is 16.2. The molecule has 6 rings (SSSR count). The smallest absolute Gasteiger partial charge is 0.744 e. The van der Waals surface area contributed by atoms with Crippen LogP contribution in [0.1, 0.15) is 25.0 Å². The third-order valence-electron chi connectivity index (χ3n) is 8.28. The van der Waals surface area contributed by atoms with Crippen molar-refractivity contribution < 1.29 is 46.0 Å². The molecule has 0 heterocycles. The fourth-order valence-corrected chi connectivity index (χ4v) is 6.76. The molecule has 0 fully saturated rings. The summed E-state index contributed by atoms with van der Waals surface area (Å²) in [6.45, 7) is 3.56. The number of phenols is 2. The maximum absolute atomic E-state index is 11.5. The van der Waals surface area contributed by atoms with Gasteiger partial charge in [0.15, 0.2) is 11.5 Å². The van der Waals surface area contributed by atoms with Gasteiger partial charge in [-0.3, -0.25) is 20.2 Å². The van der Waals surface area contributed by atoms with Gasteiger partial charge in [-0.1, -0.05) is 62.4 Å². The molecule has 0 saturated carbocycles. The molecule has 0 amide bonds. The van der Waals surface area contributed by atoms with Crippen molar-refractivity contribution in [1.82, 2.24) is 0 Å². The zero-order valence-corrected chi connectivity index (χ0v) is 35.9. The van der Waals surface area contributed by atoms with E-state index in [1.807, 2.05) is 0 Å². The van der Waals surface area contributed by atoms with Gasteiger partial charge in [-0.15, -0.1) is 10.2 Å². The van der Waals surface area contributed by atoms with E-state index in [0.717, 1.165) is 12.1 Å². The molecule has 0 atom stereocenters. The van der Waals surface area contributed by atoms with Crippen LogP contribution in [-0.2, 0) is 33.1 Å². The minimum Gasteiger partial charge on any atom is -0.744 e. The van der Waals surface area contributed by atoms with Crippen LogP contribution in [0.4, 0.5) is 34.1 Å². The van der Waals surface area contributed by atoms with E-state index < -0.39 is 51.4 Å². The molecule has 57 heavy (non-hydrogen) atoms. The Kier molecular flexibility index (Phi) is 14.4. The zero-order chi connectivity index (χ0) is 40.9. The van der Waals surface area contributed by atoms with Crippen molar-refractivity contribution in [3.63, 3.8) is 0 Å².